The van der Waals surface area contributed by atoms with E-state index < -0.39 is 5.60 Å². The van der Waals surface area contributed by atoms with Gasteiger partial charge in [0, 0.05) is 6.54 Å². The fourth-order valence-electron chi connectivity index (χ4n) is 3.48. The average molecular weight is 319 g/mol. The van der Waals surface area contributed by atoms with Crippen LogP contribution >= 0.6 is 0 Å². The van der Waals surface area contributed by atoms with Crippen LogP contribution in [0, 0.1) is 0 Å². The largest absolute Gasteiger partial charge is 0.389 e. The molecule has 2 heterocycles. The molecule has 126 valence electrons. The van der Waals surface area contributed by atoms with Crippen LogP contribution < -0.4 is 5.73 Å². The molecule has 1 saturated carbocycles. The molecule has 3 rings (SSSR count). The molecular formula is C17H25N3O3. The van der Waals surface area contributed by atoms with Gasteiger partial charge in [-0.25, -0.2) is 4.98 Å². The zero-order chi connectivity index (χ0) is 16.3. The van der Waals surface area contributed by atoms with Gasteiger partial charge in [0.05, 0.1) is 30.9 Å². The van der Waals surface area contributed by atoms with Gasteiger partial charge in [-0.05, 0) is 25.0 Å². The zero-order valence-corrected chi connectivity index (χ0v) is 13.4. The van der Waals surface area contributed by atoms with Crippen molar-refractivity contribution < 1.29 is 14.6 Å². The maximum absolute atomic E-state index is 12.6. The van der Waals surface area contributed by atoms with Crippen LogP contribution in [0.25, 0.3) is 0 Å². The molecule has 0 spiro atoms. The number of nitrogens with two attached hydrogens (primary N) is 1. The van der Waals surface area contributed by atoms with Crippen LogP contribution in [0.5, 0.6) is 0 Å². The van der Waals surface area contributed by atoms with Crippen LogP contribution in [0.2, 0.25) is 0 Å². The molecule has 1 aliphatic carbocycles. The molecule has 6 heteroatoms. The van der Waals surface area contributed by atoms with Gasteiger partial charge in [0.25, 0.3) is 0 Å². The lowest BCUT2D eigenvalue weighted by Gasteiger charge is -2.37. The van der Waals surface area contributed by atoms with E-state index >= 15 is 0 Å². The van der Waals surface area contributed by atoms with E-state index in [9.17, 15) is 9.90 Å². The summed E-state index contributed by atoms with van der Waals surface area (Å²) in [5.41, 5.74) is 5.65. The Morgan fingerprint density at radius 1 is 1.39 bits per heavy atom. The lowest BCUT2D eigenvalue weighted by Crippen LogP contribution is -2.46. The summed E-state index contributed by atoms with van der Waals surface area (Å²) in [7, 11) is 0. The number of ether oxygens (including phenoxy) is 1. The van der Waals surface area contributed by atoms with Gasteiger partial charge in [0.15, 0.2) is 0 Å². The van der Waals surface area contributed by atoms with Gasteiger partial charge in [0.2, 0.25) is 5.91 Å². The highest BCUT2D eigenvalue weighted by Gasteiger charge is 2.35. The molecule has 0 unspecified atom stereocenters. The predicted octanol–water partition coefficient (Wildman–Crippen LogP) is 1.65. The number of anilines is 1. The van der Waals surface area contributed by atoms with Crippen LogP contribution in [0.15, 0.2) is 18.2 Å². The standard InChI is InChI=1S/C17H25N3O3/c18-15-6-4-5-13(19-15)14-12-20(9-10-23-14)16(21)11-17(22)7-2-1-3-8-17/h4-6,14,22H,1-3,7-12H2,(H2,18,19)/t14-/m1/s1. The van der Waals surface area contributed by atoms with Crippen LogP contribution in [-0.4, -0.2) is 46.2 Å². The van der Waals surface area contributed by atoms with Crippen molar-refractivity contribution in [2.45, 2.75) is 50.2 Å². The SMILES string of the molecule is Nc1cccc([C@H]2CN(C(=O)CC3(O)CCCCC3)CCO2)n1. The summed E-state index contributed by atoms with van der Waals surface area (Å²) < 4.78 is 5.74. The van der Waals surface area contributed by atoms with Crippen LogP contribution in [0.1, 0.15) is 50.3 Å². The highest BCUT2D eigenvalue weighted by Crippen LogP contribution is 2.32. The van der Waals surface area contributed by atoms with Crippen LogP contribution in [-0.2, 0) is 9.53 Å². The van der Waals surface area contributed by atoms with Crippen molar-refractivity contribution in [1.29, 1.82) is 0 Å². The van der Waals surface area contributed by atoms with Gasteiger partial charge < -0.3 is 20.5 Å². The summed E-state index contributed by atoms with van der Waals surface area (Å²) in [6.07, 6.45) is 4.57. The van der Waals surface area contributed by atoms with E-state index in [1.54, 1.807) is 11.0 Å². The number of hydrogen-bond donors (Lipinski definition) is 2. The zero-order valence-electron chi connectivity index (χ0n) is 13.4. The van der Waals surface area contributed by atoms with Crippen molar-refractivity contribution in [1.82, 2.24) is 9.88 Å². The monoisotopic (exact) mass is 319 g/mol. The summed E-state index contributed by atoms with van der Waals surface area (Å²) in [6, 6.07) is 5.43. The minimum Gasteiger partial charge on any atom is -0.389 e. The van der Waals surface area contributed by atoms with Gasteiger partial charge in [-0.2, -0.15) is 0 Å². The first kappa shape index (κ1) is 16.2. The van der Waals surface area contributed by atoms with Crippen molar-refractivity contribution in [2.24, 2.45) is 0 Å². The molecule has 0 radical (unpaired) electrons. The Morgan fingerprint density at radius 3 is 2.91 bits per heavy atom. The Kier molecular flexibility index (Phi) is 4.82. The molecular weight excluding hydrogens is 294 g/mol. The fraction of sp³-hybridized carbons (Fsp3) is 0.647. The molecule has 1 aliphatic heterocycles. The third kappa shape index (κ3) is 4.00. The lowest BCUT2D eigenvalue weighted by atomic mass is 9.82. The number of hydrogen-bond acceptors (Lipinski definition) is 5. The van der Waals surface area contributed by atoms with Crippen molar-refractivity contribution in [3.8, 4) is 0 Å². The Bertz CT molecular complexity index is 558. The van der Waals surface area contributed by atoms with E-state index in [1.807, 2.05) is 12.1 Å². The van der Waals surface area contributed by atoms with Crippen molar-refractivity contribution in [2.75, 3.05) is 25.4 Å². The Labute approximate surface area is 136 Å². The first-order valence-corrected chi connectivity index (χ1v) is 8.40. The second-order valence-electron chi connectivity index (χ2n) is 6.65. The quantitative estimate of drug-likeness (QED) is 0.884. The Hall–Kier alpha value is -1.66. The maximum Gasteiger partial charge on any atom is 0.225 e. The normalized spacial score (nSPS) is 24.4. The van der Waals surface area contributed by atoms with Crippen molar-refractivity contribution in [3.05, 3.63) is 23.9 Å². The van der Waals surface area contributed by atoms with Crippen molar-refractivity contribution in [3.63, 3.8) is 0 Å². The van der Waals surface area contributed by atoms with Gasteiger partial charge in [-0.15, -0.1) is 0 Å². The van der Waals surface area contributed by atoms with Crippen LogP contribution in [0.3, 0.4) is 0 Å². The number of pyridine rings is 1. The highest BCUT2D eigenvalue weighted by molar-refractivity contribution is 5.77. The number of nitrogens with zero attached hydrogens (tertiary/aromatic N) is 2. The number of carbonyl (C=O) groups is 1. The number of aromatic nitrogens is 1. The average Bonchev–Trinajstić information content (AvgIpc) is 2.55. The molecule has 23 heavy (non-hydrogen) atoms. The molecule has 2 aliphatic rings. The summed E-state index contributed by atoms with van der Waals surface area (Å²) in [4.78, 5) is 18.6. The maximum atomic E-state index is 12.6. The molecule has 0 aromatic carbocycles. The first-order valence-electron chi connectivity index (χ1n) is 8.40. The van der Waals surface area contributed by atoms with Crippen LogP contribution in [0.4, 0.5) is 5.82 Å². The van der Waals surface area contributed by atoms with Gasteiger partial charge in [0.1, 0.15) is 11.9 Å². The van der Waals surface area contributed by atoms with E-state index in [0.29, 0.717) is 25.5 Å². The van der Waals surface area contributed by atoms with E-state index in [-0.39, 0.29) is 18.4 Å². The molecule has 1 aromatic heterocycles. The summed E-state index contributed by atoms with van der Waals surface area (Å²) >= 11 is 0. The lowest BCUT2D eigenvalue weighted by molar-refractivity contribution is -0.145. The van der Waals surface area contributed by atoms with E-state index in [4.69, 9.17) is 10.5 Å². The molecule has 6 nitrogen and oxygen atoms in total. The van der Waals surface area contributed by atoms with Crippen molar-refractivity contribution >= 4 is 11.7 Å². The smallest absolute Gasteiger partial charge is 0.225 e. The van der Waals surface area contributed by atoms with E-state index in [2.05, 4.69) is 4.98 Å². The summed E-state index contributed by atoms with van der Waals surface area (Å²) in [6.45, 7) is 1.50. The minimum atomic E-state index is -0.821. The number of aliphatic hydroxyl groups is 1. The second-order valence-corrected chi connectivity index (χ2v) is 6.65. The molecule has 0 bridgehead atoms. The molecule has 3 N–H and O–H groups in total. The molecule has 1 amide bonds. The predicted molar refractivity (Wildman–Crippen MR) is 86.6 cm³/mol. The van der Waals surface area contributed by atoms with E-state index in [1.165, 1.54) is 0 Å². The van der Waals surface area contributed by atoms with Gasteiger partial charge in [-0.3, -0.25) is 4.79 Å². The number of morpholine rings is 1. The Balaban J connectivity index is 1.62. The second kappa shape index (κ2) is 6.84. The fourth-order valence-corrected chi connectivity index (χ4v) is 3.48. The molecule has 2 fully saturated rings. The third-order valence-electron chi connectivity index (χ3n) is 4.81. The molecule has 1 atom stereocenters. The third-order valence-corrected chi connectivity index (χ3v) is 4.81. The molecule has 1 aromatic rings. The molecule has 1 saturated heterocycles. The highest BCUT2D eigenvalue weighted by atomic mass is 16.5. The summed E-state index contributed by atoms with van der Waals surface area (Å²) in [5.74, 6) is 0.456. The number of amides is 1. The minimum absolute atomic E-state index is 0.00611. The van der Waals surface area contributed by atoms with Gasteiger partial charge in [-0.1, -0.05) is 25.3 Å². The van der Waals surface area contributed by atoms with E-state index in [0.717, 1.165) is 37.8 Å². The first-order chi connectivity index (χ1) is 11.1. The number of nitrogen functional groups attached to an aromatic ring is 1. The number of carbonyl (C=O) groups excluding carboxylic acids is 1. The number of rotatable bonds is 3. The van der Waals surface area contributed by atoms with Gasteiger partial charge >= 0.3 is 0 Å². The summed E-state index contributed by atoms with van der Waals surface area (Å²) in [5, 5.41) is 10.6. The topological polar surface area (TPSA) is 88.7 Å². The Morgan fingerprint density at radius 2 is 2.17 bits per heavy atom.